The molecular weight excluding hydrogens is 288 g/mol. The summed E-state index contributed by atoms with van der Waals surface area (Å²) in [5.41, 5.74) is 8.30. The van der Waals surface area contributed by atoms with Crippen LogP contribution in [0.15, 0.2) is 59.1 Å². The maximum Gasteiger partial charge on any atom is 0.0540 e. The summed E-state index contributed by atoms with van der Waals surface area (Å²) in [7, 11) is 0. The first-order valence-electron chi connectivity index (χ1n) is 4.67. The van der Waals surface area contributed by atoms with Crippen molar-refractivity contribution >= 4 is 39.7 Å². The summed E-state index contributed by atoms with van der Waals surface area (Å²) in [5, 5.41) is 0. The van der Waals surface area contributed by atoms with Crippen molar-refractivity contribution in [3.8, 4) is 0 Å². The molecule has 2 nitrogen and oxygen atoms in total. The molecule has 0 saturated heterocycles. The maximum atomic E-state index is 3.39. The van der Waals surface area contributed by atoms with Gasteiger partial charge in [0.25, 0.3) is 0 Å². The van der Waals surface area contributed by atoms with Gasteiger partial charge in [-0.05, 0) is 36.4 Å². The van der Waals surface area contributed by atoms with Crippen LogP contribution >= 0.6 is 28.3 Å². The molecule has 0 spiro atoms. The number of para-hydroxylation sites is 1. The number of benzene rings is 2. The number of hydrazine groups is 1. The second-order valence-corrected chi connectivity index (χ2v) is 4.04. The summed E-state index contributed by atoms with van der Waals surface area (Å²) >= 11 is 3.39. The van der Waals surface area contributed by atoms with E-state index in [1.807, 2.05) is 54.6 Å². The Morgan fingerprint density at radius 2 is 1.19 bits per heavy atom. The molecule has 0 aliphatic carbocycles. The topological polar surface area (TPSA) is 24.1 Å². The fourth-order valence-electron chi connectivity index (χ4n) is 1.20. The van der Waals surface area contributed by atoms with Gasteiger partial charge in [-0.15, -0.1) is 12.4 Å². The van der Waals surface area contributed by atoms with E-state index < -0.39 is 0 Å². The highest BCUT2D eigenvalue weighted by Crippen LogP contribution is 2.14. The molecule has 0 aromatic heterocycles. The van der Waals surface area contributed by atoms with E-state index in [2.05, 4.69) is 26.8 Å². The molecule has 0 fully saturated rings. The first-order chi connectivity index (χ1) is 7.34. The van der Waals surface area contributed by atoms with Gasteiger partial charge in [0.05, 0.1) is 11.4 Å². The SMILES string of the molecule is Brc1ccc(NNc2ccccc2)cc1.Cl. The van der Waals surface area contributed by atoms with Crippen LogP contribution in [-0.4, -0.2) is 0 Å². The molecule has 0 atom stereocenters. The molecule has 16 heavy (non-hydrogen) atoms. The van der Waals surface area contributed by atoms with Gasteiger partial charge in [-0.2, -0.15) is 0 Å². The average Bonchev–Trinajstić information content (AvgIpc) is 2.30. The molecular formula is C12H12BrClN2. The zero-order chi connectivity index (χ0) is 10.5. The van der Waals surface area contributed by atoms with E-state index in [0.717, 1.165) is 15.8 Å². The lowest BCUT2D eigenvalue weighted by atomic mass is 10.3. The van der Waals surface area contributed by atoms with Gasteiger partial charge in [-0.3, -0.25) is 0 Å². The molecule has 2 aromatic rings. The summed E-state index contributed by atoms with van der Waals surface area (Å²) in [6, 6.07) is 18.0. The normalized spacial score (nSPS) is 9.06. The van der Waals surface area contributed by atoms with Gasteiger partial charge in [0, 0.05) is 4.47 Å². The lowest BCUT2D eigenvalue weighted by Crippen LogP contribution is -2.07. The Morgan fingerprint density at radius 1 is 0.688 bits per heavy atom. The van der Waals surface area contributed by atoms with Gasteiger partial charge in [-0.25, -0.2) is 0 Å². The minimum Gasteiger partial charge on any atom is -0.301 e. The van der Waals surface area contributed by atoms with Crippen molar-refractivity contribution in [3.05, 3.63) is 59.1 Å². The number of nitrogens with one attached hydrogen (secondary N) is 2. The Kier molecular flexibility index (Phi) is 5.15. The van der Waals surface area contributed by atoms with E-state index in [4.69, 9.17) is 0 Å². The van der Waals surface area contributed by atoms with Crippen LogP contribution in [0.3, 0.4) is 0 Å². The zero-order valence-electron chi connectivity index (χ0n) is 8.48. The number of anilines is 2. The summed E-state index contributed by atoms with van der Waals surface area (Å²) in [4.78, 5) is 0. The van der Waals surface area contributed by atoms with Crippen LogP contribution in [0.1, 0.15) is 0 Å². The van der Waals surface area contributed by atoms with Crippen molar-refractivity contribution in [2.45, 2.75) is 0 Å². The van der Waals surface area contributed by atoms with E-state index in [1.165, 1.54) is 0 Å². The number of rotatable bonds is 3. The molecule has 2 aromatic carbocycles. The monoisotopic (exact) mass is 298 g/mol. The van der Waals surface area contributed by atoms with Crippen molar-refractivity contribution in [1.82, 2.24) is 0 Å². The highest BCUT2D eigenvalue weighted by atomic mass is 79.9. The van der Waals surface area contributed by atoms with Crippen molar-refractivity contribution < 1.29 is 0 Å². The molecule has 2 rings (SSSR count). The smallest absolute Gasteiger partial charge is 0.0540 e. The highest BCUT2D eigenvalue weighted by molar-refractivity contribution is 9.10. The lowest BCUT2D eigenvalue weighted by molar-refractivity contribution is 1.41. The average molecular weight is 300 g/mol. The van der Waals surface area contributed by atoms with E-state index >= 15 is 0 Å². The predicted molar refractivity (Wildman–Crippen MR) is 75.1 cm³/mol. The summed E-state index contributed by atoms with van der Waals surface area (Å²) < 4.78 is 1.08. The molecule has 0 aliphatic rings. The van der Waals surface area contributed by atoms with E-state index in [-0.39, 0.29) is 12.4 Å². The van der Waals surface area contributed by atoms with Crippen LogP contribution in [0, 0.1) is 0 Å². The van der Waals surface area contributed by atoms with E-state index in [0.29, 0.717) is 0 Å². The van der Waals surface area contributed by atoms with E-state index in [9.17, 15) is 0 Å². The van der Waals surface area contributed by atoms with Crippen LogP contribution < -0.4 is 10.9 Å². The minimum atomic E-state index is 0. The maximum absolute atomic E-state index is 3.39. The van der Waals surface area contributed by atoms with Crippen LogP contribution in [0.5, 0.6) is 0 Å². The molecule has 4 heteroatoms. The Balaban J connectivity index is 0.00000128. The highest BCUT2D eigenvalue weighted by Gasteiger charge is 1.91. The molecule has 0 unspecified atom stereocenters. The molecule has 84 valence electrons. The van der Waals surface area contributed by atoms with Gasteiger partial charge in [0.15, 0.2) is 0 Å². The fourth-order valence-corrected chi connectivity index (χ4v) is 1.46. The molecule has 0 radical (unpaired) electrons. The third-order valence-electron chi connectivity index (χ3n) is 1.97. The predicted octanol–water partition coefficient (Wildman–Crippen LogP) is 4.31. The van der Waals surface area contributed by atoms with Crippen LogP contribution in [0.2, 0.25) is 0 Å². The Hall–Kier alpha value is -1.19. The summed E-state index contributed by atoms with van der Waals surface area (Å²) in [6.07, 6.45) is 0. The molecule has 0 bridgehead atoms. The zero-order valence-corrected chi connectivity index (χ0v) is 10.9. The third-order valence-corrected chi connectivity index (χ3v) is 2.50. The summed E-state index contributed by atoms with van der Waals surface area (Å²) in [6.45, 7) is 0. The van der Waals surface area contributed by atoms with Crippen molar-refractivity contribution in [1.29, 1.82) is 0 Å². The van der Waals surface area contributed by atoms with E-state index in [1.54, 1.807) is 0 Å². The van der Waals surface area contributed by atoms with Gasteiger partial charge in [0.2, 0.25) is 0 Å². The number of halogens is 2. The van der Waals surface area contributed by atoms with Crippen LogP contribution in [0.25, 0.3) is 0 Å². The quantitative estimate of drug-likeness (QED) is 0.825. The number of hydrogen-bond acceptors (Lipinski definition) is 2. The number of hydrogen-bond donors (Lipinski definition) is 2. The van der Waals surface area contributed by atoms with Gasteiger partial charge in [-0.1, -0.05) is 34.1 Å². The minimum absolute atomic E-state index is 0. The van der Waals surface area contributed by atoms with Crippen LogP contribution in [0.4, 0.5) is 11.4 Å². The second kappa shape index (κ2) is 6.40. The Morgan fingerprint density at radius 3 is 1.75 bits per heavy atom. The third kappa shape index (κ3) is 3.76. The Bertz CT molecular complexity index is 417. The largest absolute Gasteiger partial charge is 0.301 e. The van der Waals surface area contributed by atoms with Gasteiger partial charge < -0.3 is 10.9 Å². The molecule has 2 N–H and O–H groups in total. The molecule has 0 aliphatic heterocycles. The molecule has 0 heterocycles. The first-order valence-corrected chi connectivity index (χ1v) is 5.46. The van der Waals surface area contributed by atoms with Crippen molar-refractivity contribution in [3.63, 3.8) is 0 Å². The van der Waals surface area contributed by atoms with Crippen molar-refractivity contribution in [2.24, 2.45) is 0 Å². The second-order valence-electron chi connectivity index (χ2n) is 3.12. The van der Waals surface area contributed by atoms with Gasteiger partial charge >= 0.3 is 0 Å². The van der Waals surface area contributed by atoms with Gasteiger partial charge in [0.1, 0.15) is 0 Å². The Labute approximate surface area is 110 Å². The first kappa shape index (κ1) is 12.9. The standard InChI is InChI=1S/C12H11BrN2.ClH/c13-10-6-8-12(9-7-10)15-14-11-4-2-1-3-5-11;/h1-9,14-15H;1H. The molecule has 0 saturated carbocycles. The fraction of sp³-hybridized carbons (Fsp3) is 0. The molecule has 0 amide bonds. The van der Waals surface area contributed by atoms with Crippen LogP contribution in [-0.2, 0) is 0 Å². The summed E-state index contributed by atoms with van der Waals surface area (Å²) in [5.74, 6) is 0. The van der Waals surface area contributed by atoms with Crippen molar-refractivity contribution in [2.75, 3.05) is 10.9 Å². The lowest BCUT2D eigenvalue weighted by Gasteiger charge is -2.09.